The molecule has 0 aliphatic rings. The molecule has 0 aliphatic carbocycles. The first kappa shape index (κ1) is 10.7. The van der Waals surface area contributed by atoms with Gasteiger partial charge in [-0.25, -0.2) is 0 Å². The fraction of sp³-hybridized carbons (Fsp3) is 0. The van der Waals surface area contributed by atoms with E-state index in [1.807, 2.05) is 42.5 Å². The van der Waals surface area contributed by atoms with Gasteiger partial charge in [-0.2, -0.15) is 0 Å². The van der Waals surface area contributed by atoms with Crippen molar-refractivity contribution >= 4 is 11.8 Å². The molecule has 16 heavy (non-hydrogen) atoms. The second kappa shape index (κ2) is 5.29. The monoisotopic (exact) mass is 225 g/mol. The van der Waals surface area contributed by atoms with Crippen LogP contribution in [0.1, 0.15) is 0 Å². The van der Waals surface area contributed by atoms with Crippen LogP contribution in [-0.2, 0) is 0 Å². The van der Waals surface area contributed by atoms with Gasteiger partial charge in [-0.1, -0.05) is 30.3 Å². The lowest BCUT2D eigenvalue weighted by Crippen LogP contribution is -1.85. The first-order valence-electron chi connectivity index (χ1n) is 4.76. The molecular formula is C14H9OS. The summed E-state index contributed by atoms with van der Waals surface area (Å²) in [5, 5.41) is 2.53. The average Bonchev–Trinajstić information content (AvgIpc) is 2.33. The molecule has 1 radical (unpaired) electrons. The highest BCUT2D eigenvalue weighted by atomic mass is 32.2. The summed E-state index contributed by atoms with van der Waals surface area (Å²) in [6.07, 6.45) is 5.27. The lowest BCUT2D eigenvalue weighted by Gasteiger charge is -2.07. The van der Waals surface area contributed by atoms with Crippen molar-refractivity contribution in [1.82, 2.24) is 0 Å². The van der Waals surface area contributed by atoms with Crippen LogP contribution < -0.4 is 4.74 Å². The van der Waals surface area contributed by atoms with Crippen LogP contribution in [0.25, 0.3) is 0 Å². The van der Waals surface area contributed by atoms with Gasteiger partial charge in [0.05, 0.1) is 4.90 Å². The standard InChI is InChI=1S/C14H9OS/c1-2-16-14-11-7-6-10-13(14)15-12-8-4-3-5-9-12/h1,3-9,11H. The van der Waals surface area contributed by atoms with Gasteiger partial charge < -0.3 is 4.74 Å². The lowest BCUT2D eigenvalue weighted by molar-refractivity contribution is 0.470. The third kappa shape index (κ3) is 2.59. The normalized spacial score (nSPS) is 9.44. The molecule has 0 unspecified atom stereocenters. The summed E-state index contributed by atoms with van der Waals surface area (Å²) in [5.41, 5.74) is 0. The Kier molecular flexibility index (Phi) is 3.53. The highest BCUT2D eigenvalue weighted by Crippen LogP contribution is 2.31. The summed E-state index contributed by atoms with van der Waals surface area (Å²) in [7, 11) is 0. The number of terminal acetylenes is 1. The van der Waals surface area contributed by atoms with Crippen molar-refractivity contribution in [1.29, 1.82) is 0 Å². The van der Waals surface area contributed by atoms with Gasteiger partial charge in [0.25, 0.3) is 0 Å². The number of rotatable bonds is 3. The maximum absolute atomic E-state index is 5.69. The van der Waals surface area contributed by atoms with Gasteiger partial charge in [-0.15, -0.1) is 6.42 Å². The first-order valence-corrected chi connectivity index (χ1v) is 5.58. The molecule has 1 nitrogen and oxygen atoms in total. The summed E-state index contributed by atoms with van der Waals surface area (Å²) >= 11 is 1.29. The minimum atomic E-state index is 0.664. The van der Waals surface area contributed by atoms with Crippen molar-refractivity contribution in [2.75, 3.05) is 0 Å². The Morgan fingerprint density at radius 3 is 2.69 bits per heavy atom. The quantitative estimate of drug-likeness (QED) is 0.577. The highest BCUT2D eigenvalue weighted by Gasteiger charge is 2.03. The van der Waals surface area contributed by atoms with E-state index in [1.165, 1.54) is 11.8 Å². The molecule has 0 bridgehead atoms. The van der Waals surface area contributed by atoms with Crippen molar-refractivity contribution in [2.45, 2.75) is 4.90 Å². The SMILES string of the molecule is C#CSc1ccc[c]c1Oc1ccccc1. The van der Waals surface area contributed by atoms with Gasteiger partial charge in [0, 0.05) is 6.07 Å². The summed E-state index contributed by atoms with van der Waals surface area (Å²) in [5.74, 6) is 1.44. The molecular weight excluding hydrogens is 216 g/mol. The second-order valence-corrected chi connectivity index (χ2v) is 3.88. The van der Waals surface area contributed by atoms with E-state index in [0.29, 0.717) is 5.75 Å². The smallest absolute Gasteiger partial charge is 0.149 e. The summed E-state index contributed by atoms with van der Waals surface area (Å²) < 4.78 is 5.69. The zero-order valence-corrected chi connectivity index (χ0v) is 9.33. The molecule has 0 saturated heterocycles. The number of benzene rings is 2. The third-order valence-electron chi connectivity index (χ3n) is 1.91. The third-order valence-corrected chi connectivity index (χ3v) is 2.57. The zero-order chi connectivity index (χ0) is 11.2. The molecule has 2 aromatic carbocycles. The van der Waals surface area contributed by atoms with Crippen molar-refractivity contribution < 1.29 is 4.74 Å². The minimum Gasteiger partial charge on any atom is -0.456 e. The fourth-order valence-corrected chi connectivity index (χ4v) is 1.70. The van der Waals surface area contributed by atoms with Crippen molar-refractivity contribution in [3.8, 4) is 23.2 Å². The van der Waals surface area contributed by atoms with Crippen molar-refractivity contribution in [3.05, 3.63) is 54.6 Å². The van der Waals surface area contributed by atoms with Gasteiger partial charge >= 0.3 is 0 Å². The molecule has 2 heteroatoms. The lowest BCUT2D eigenvalue weighted by atomic mass is 10.3. The number of thioether (sulfide) groups is 1. The predicted octanol–water partition coefficient (Wildman–Crippen LogP) is 3.96. The van der Waals surface area contributed by atoms with Crippen molar-refractivity contribution in [3.63, 3.8) is 0 Å². The Morgan fingerprint density at radius 1 is 1.12 bits per heavy atom. The largest absolute Gasteiger partial charge is 0.456 e. The van der Waals surface area contributed by atoms with E-state index >= 15 is 0 Å². The second-order valence-electron chi connectivity index (χ2n) is 3.00. The van der Waals surface area contributed by atoms with Crippen LogP contribution in [0.15, 0.2) is 53.4 Å². The summed E-state index contributed by atoms with van der Waals surface area (Å²) in [6, 6.07) is 18.2. The van der Waals surface area contributed by atoms with Crippen molar-refractivity contribution in [2.24, 2.45) is 0 Å². The molecule has 2 aromatic rings. The van der Waals surface area contributed by atoms with Gasteiger partial charge in [-0.3, -0.25) is 0 Å². The van der Waals surface area contributed by atoms with E-state index in [9.17, 15) is 0 Å². The number of ether oxygens (including phenoxy) is 1. The summed E-state index contributed by atoms with van der Waals surface area (Å²) in [6.45, 7) is 0. The van der Waals surface area contributed by atoms with Crippen LogP contribution in [0.2, 0.25) is 0 Å². The van der Waals surface area contributed by atoms with Crippen LogP contribution in [0.3, 0.4) is 0 Å². The predicted molar refractivity (Wildman–Crippen MR) is 66.5 cm³/mol. The fourth-order valence-electron chi connectivity index (χ4n) is 1.24. The van der Waals surface area contributed by atoms with Crippen LogP contribution in [0.4, 0.5) is 0 Å². The van der Waals surface area contributed by atoms with Gasteiger partial charge in [0.1, 0.15) is 11.5 Å². The van der Waals surface area contributed by atoms with E-state index in [2.05, 4.69) is 11.3 Å². The van der Waals surface area contributed by atoms with Crippen LogP contribution in [0.5, 0.6) is 11.5 Å². The minimum absolute atomic E-state index is 0.664. The Balaban J connectivity index is 2.25. The van der Waals surface area contributed by atoms with E-state index in [4.69, 9.17) is 11.2 Å². The number of para-hydroxylation sites is 2. The Hall–Kier alpha value is -1.85. The molecule has 77 valence electrons. The molecule has 0 aliphatic heterocycles. The molecule has 0 fully saturated rings. The molecule has 0 N–H and O–H groups in total. The Labute approximate surface area is 99.5 Å². The molecule has 0 aromatic heterocycles. The first-order chi connectivity index (χ1) is 7.90. The zero-order valence-electron chi connectivity index (χ0n) is 8.51. The maximum atomic E-state index is 5.69. The number of hydrogen-bond acceptors (Lipinski definition) is 2. The Bertz CT molecular complexity index is 500. The van der Waals surface area contributed by atoms with Gasteiger partial charge in [0.2, 0.25) is 0 Å². The van der Waals surface area contributed by atoms with Crippen LogP contribution in [-0.4, -0.2) is 0 Å². The summed E-state index contributed by atoms with van der Waals surface area (Å²) in [4.78, 5) is 0.897. The number of hydrogen-bond donors (Lipinski definition) is 0. The van der Waals surface area contributed by atoms with Crippen LogP contribution >= 0.6 is 11.8 Å². The molecule has 0 atom stereocenters. The Morgan fingerprint density at radius 2 is 1.94 bits per heavy atom. The maximum Gasteiger partial charge on any atom is 0.149 e. The van der Waals surface area contributed by atoms with Gasteiger partial charge in [0.15, 0.2) is 0 Å². The molecule has 0 saturated carbocycles. The molecule has 0 heterocycles. The van der Waals surface area contributed by atoms with E-state index < -0.39 is 0 Å². The molecule has 0 spiro atoms. The van der Waals surface area contributed by atoms with Crippen LogP contribution in [0, 0.1) is 17.7 Å². The van der Waals surface area contributed by atoms with Gasteiger partial charge in [-0.05, 0) is 35.2 Å². The molecule has 0 amide bonds. The van der Waals surface area contributed by atoms with E-state index in [1.54, 1.807) is 6.07 Å². The average molecular weight is 225 g/mol. The van der Waals surface area contributed by atoms with E-state index in [-0.39, 0.29) is 0 Å². The topological polar surface area (TPSA) is 9.23 Å². The van der Waals surface area contributed by atoms with E-state index in [0.717, 1.165) is 10.6 Å². The molecule has 2 rings (SSSR count). The highest BCUT2D eigenvalue weighted by molar-refractivity contribution is 8.04.